The minimum Gasteiger partial charge on any atom is -0.480 e. The average Bonchev–Trinajstić information content (AvgIpc) is 3.73. The second kappa shape index (κ2) is 11.3. The number of carboxylic acid groups (broad SMARTS) is 1. The fraction of sp³-hybridized carbons (Fsp3) is 0.233. The molecule has 9 heteroatoms. The van der Waals surface area contributed by atoms with Gasteiger partial charge in [-0.2, -0.15) is 4.31 Å². The molecule has 0 amide bonds. The number of rotatable bonds is 12. The predicted octanol–water partition coefficient (Wildman–Crippen LogP) is 4.64. The van der Waals surface area contributed by atoms with Gasteiger partial charge in [0.1, 0.15) is 12.4 Å². The van der Waals surface area contributed by atoms with Crippen LogP contribution < -0.4 is 5.32 Å². The van der Waals surface area contributed by atoms with Gasteiger partial charge in [-0.3, -0.25) is 4.79 Å². The van der Waals surface area contributed by atoms with Gasteiger partial charge in [0.05, 0.1) is 12.2 Å². The lowest BCUT2D eigenvalue weighted by atomic mass is 9.88. The number of nitrogens with zero attached hydrogens (tertiary/aromatic N) is 3. The van der Waals surface area contributed by atoms with Crippen LogP contribution in [0.2, 0.25) is 0 Å². The molecule has 2 aromatic carbocycles. The summed E-state index contributed by atoms with van der Waals surface area (Å²) in [6, 6.07) is 28.6. The zero-order valence-electron chi connectivity index (χ0n) is 21.4. The lowest BCUT2D eigenvalue weighted by Crippen LogP contribution is -2.31. The normalized spacial score (nSPS) is 14.2. The largest absolute Gasteiger partial charge is 0.480 e. The minimum absolute atomic E-state index is 0.00119. The second-order valence-electron chi connectivity index (χ2n) is 9.84. The highest BCUT2D eigenvalue weighted by Crippen LogP contribution is 2.50. The number of aromatic nitrogens is 2. The van der Waals surface area contributed by atoms with Crippen LogP contribution in [-0.2, 0) is 39.7 Å². The van der Waals surface area contributed by atoms with Gasteiger partial charge < -0.3 is 10.4 Å². The lowest BCUT2D eigenvalue weighted by Gasteiger charge is -2.22. The van der Waals surface area contributed by atoms with Crippen molar-refractivity contribution < 1.29 is 18.3 Å². The molecule has 200 valence electrons. The Bertz CT molecular complexity index is 1520. The molecule has 8 nitrogen and oxygen atoms in total. The molecule has 0 saturated heterocycles. The van der Waals surface area contributed by atoms with Crippen LogP contribution in [0.4, 0.5) is 5.82 Å². The molecule has 4 aromatic rings. The molecule has 0 atom stereocenters. The second-order valence-corrected chi connectivity index (χ2v) is 11.7. The Labute approximate surface area is 228 Å². The van der Waals surface area contributed by atoms with E-state index in [4.69, 9.17) is 5.11 Å². The smallest absolute Gasteiger partial charge is 0.322 e. The van der Waals surface area contributed by atoms with E-state index >= 15 is 0 Å². The van der Waals surface area contributed by atoms with Crippen molar-refractivity contribution in [1.82, 2.24) is 14.3 Å². The maximum absolute atomic E-state index is 13.6. The summed E-state index contributed by atoms with van der Waals surface area (Å²) in [5.41, 5.74) is 4.08. The van der Waals surface area contributed by atoms with Crippen LogP contribution in [0.15, 0.2) is 102 Å². The molecule has 2 N–H and O–H groups in total. The number of nitrogens with one attached hydrogen (secondary N) is 1. The predicted molar refractivity (Wildman–Crippen MR) is 149 cm³/mol. The maximum Gasteiger partial charge on any atom is 0.322 e. The van der Waals surface area contributed by atoms with Crippen molar-refractivity contribution in [2.24, 2.45) is 0 Å². The SMILES string of the molecule is O=C(O)CNc1cccc(CN(Cc2ccc(C3(Cc4ccccc4)CC3)cc2)S(=O)(=O)c2ccccn2)n1. The first-order valence-corrected chi connectivity index (χ1v) is 14.2. The van der Waals surface area contributed by atoms with Gasteiger partial charge in [0, 0.05) is 12.7 Å². The number of pyridine rings is 2. The first-order valence-electron chi connectivity index (χ1n) is 12.8. The summed E-state index contributed by atoms with van der Waals surface area (Å²) in [4.78, 5) is 19.4. The van der Waals surface area contributed by atoms with Crippen molar-refractivity contribution >= 4 is 21.8 Å². The third kappa shape index (κ3) is 6.50. The van der Waals surface area contributed by atoms with E-state index < -0.39 is 16.0 Å². The van der Waals surface area contributed by atoms with E-state index in [-0.39, 0.29) is 30.1 Å². The average molecular weight is 543 g/mol. The van der Waals surface area contributed by atoms with Crippen LogP contribution >= 0.6 is 0 Å². The Morgan fingerprint density at radius 3 is 2.28 bits per heavy atom. The maximum atomic E-state index is 13.6. The monoisotopic (exact) mass is 542 g/mol. The van der Waals surface area contributed by atoms with Gasteiger partial charge in [0.2, 0.25) is 0 Å². The van der Waals surface area contributed by atoms with Crippen molar-refractivity contribution in [3.63, 3.8) is 0 Å². The van der Waals surface area contributed by atoms with Crippen LogP contribution in [0.25, 0.3) is 0 Å². The summed E-state index contributed by atoms with van der Waals surface area (Å²) >= 11 is 0. The first-order chi connectivity index (χ1) is 18.8. The topological polar surface area (TPSA) is 112 Å². The van der Waals surface area contributed by atoms with Crippen LogP contribution in [0, 0.1) is 0 Å². The summed E-state index contributed by atoms with van der Waals surface area (Å²) in [5.74, 6) is -0.649. The Morgan fingerprint density at radius 2 is 1.62 bits per heavy atom. The minimum atomic E-state index is -3.94. The zero-order chi connectivity index (χ0) is 27.3. The standard InChI is InChI=1S/C30H30N4O4S/c35-29(36)20-32-27-10-6-9-26(33-27)22-34(39(37,38)28-11-4-5-18-31-28)21-24-12-14-25(15-13-24)30(16-17-30)19-23-7-2-1-3-8-23/h1-15,18H,16-17,19-22H2,(H,32,33)(H,35,36). The summed E-state index contributed by atoms with van der Waals surface area (Å²) in [6.45, 7) is -0.148. The molecule has 2 aromatic heterocycles. The molecular weight excluding hydrogens is 512 g/mol. The molecule has 0 bridgehead atoms. The molecule has 0 spiro atoms. The van der Waals surface area contributed by atoms with E-state index in [1.807, 2.05) is 18.2 Å². The molecule has 39 heavy (non-hydrogen) atoms. The van der Waals surface area contributed by atoms with E-state index in [9.17, 15) is 13.2 Å². The first kappa shape index (κ1) is 26.5. The highest BCUT2D eigenvalue weighted by Gasteiger charge is 2.43. The lowest BCUT2D eigenvalue weighted by molar-refractivity contribution is -0.134. The number of benzene rings is 2. The Morgan fingerprint density at radius 1 is 0.872 bits per heavy atom. The number of carboxylic acids is 1. The molecule has 1 aliphatic rings. The van der Waals surface area contributed by atoms with Gasteiger partial charge in [-0.05, 0) is 65.6 Å². The highest BCUT2D eigenvalue weighted by molar-refractivity contribution is 7.89. The van der Waals surface area contributed by atoms with E-state index in [1.54, 1.807) is 30.3 Å². The van der Waals surface area contributed by atoms with Crippen LogP contribution in [0.3, 0.4) is 0 Å². The number of anilines is 1. The third-order valence-electron chi connectivity index (χ3n) is 6.97. The molecule has 1 aliphatic carbocycles. The fourth-order valence-electron chi connectivity index (χ4n) is 4.74. The Balaban J connectivity index is 1.38. The number of aliphatic carboxylic acids is 1. The molecule has 5 rings (SSSR count). The van der Waals surface area contributed by atoms with E-state index in [1.165, 1.54) is 27.7 Å². The van der Waals surface area contributed by atoms with Gasteiger partial charge in [0.15, 0.2) is 5.03 Å². The van der Waals surface area contributed by atoms with E-state index in [0.717, 1.165) is 24.8 Å². The molecular formula is C30H30N4O4S. The molecule has 0 unspecified atom stereocenters. The van der Waals surface area contributed by atoms with Crippen LogP contribution in [-0.4, -0.2) is 40.3 Å². The van der Waals surface area contributed by atoms with Crippen molar-refractivity contribution in [3.05, 3.63) is 120 Å². The number of hydrogen-bond donors (Lipinski definition) is 2. The summed E-state index contributed by atoms with van der Waals surface area (Å²) in [7, 11) is -3.94. The van der Waals surface area contributed by atoms with Crippen molar-refractivity contribution in [2.75, 3.05) is 11.9 Å². The number of carbonyl (C=O) groups is 1. The fourth-order valence-corrected chi connectivity index (χ4v) is 6.07. The molecule has 1 fully saturated rings. The zero-order valence-corrected chi connectivity index (χ0v) is 22.2. The van der Waals surface area contributed by atoms with Gasteiger partial charge in [-0.15, -0.1) is 0 Å². The summed E-state index contributed by atoms with van der Waals surface area (Å²) in [6.07, 6.45) is 4.72. The summed E-state index contributed by atoms with van der Waals surface area (Å²) < 4.78 is 28.6. The van der Waals surface area contributed by atoms with Crippen LogP contribution in [0.1, 0.15) is 35.2 Å². The quantitative estimate of drug-likeness (QED) is 0.268. The van der Waals surface area contributed by atoms with E-state index in [0.29, 0.717) is 11.5 Å². The number of sulfonamides is 1. The molecule has 0 aliphatic heterocycles. The Kier molecular flexibility index (Phi) is 7.72. The van der Waals surface area contributed by atoms with Crippen molar-refractivity contribution in [2.45, 2.75) is 42.8 Å². The highest BCUT2D eigenvalue weighted by atomic mass is 32.2. The number of hydrogen-bond acceptors (Lipinski definition) is 6. The molecule has 0 radical (unpaired) electrons. The van der Waals surface area contributed by atoms with Crippen LogP contribution in [0.5, 0.6) is 0 Å². The van der Waals surface area contributed by atoms with Gasteiger partial charge in [-0.1, -0.05) is 66.7 Å². The van der Waals surface area contributed by atoms with Gasteiger partial charge >= 0.3 is 5.97 Å². The van der Waals surface area contributed by atoms with Gasteiger partial charge in [0.25, 0.3) is 10.0 Å². The third-order valence-corrected chi connectivity index (χ3v) is 8.68. The van der Waals surface area contributed by atoms with Crippen molar-refractivity contribution in [1.29, 1.82) is 0 Å². The molecule has 2 heterocycles. The molecule has 1 saturated carbocycles. The van der Waals surface area contributed by atoms with E-state index in [2.05, 4.69) is 51.7 Å². The van der Waals surface area contributed by atoms with Crippen molar-refractivity contribution in [3.8, 4) is 0 Å². The Hall–Kier alpha value is -4.08. The van der Waals surface area contributed by atoms with Gasteiger partial charge in [-0.25, -0.2) is 18.4 Å². The summed E-state index contributed by atoms with van der Waals surface area (Å²) in [5, 5.41) is 11.6.